The molecule has 1 unspecified atom stereocenters. The van der Waals surface area contributed by atoms with Crippen LogP contribution >= 0.6 is 0 Å². The summed E-state index contributed by atoms with van der Waals surface area (Å²) < 4.78 is 20.9. The van der Waals surface area contributed by atoms with Crippen LogP contribution in [0.3, 0.4) is 0 Å². The molecule has 8 heteroatoms. The van der Waals surface area contributed by atoms with E-state index in [9.17, 15) is 9.59 Å². The number of benzene rings is 1. The lowest BCUT2D eigenvalue weighted by Crippen LogP contribution is -2.20. The Balaban J connectivity index is 1.97. The summed E-state index contributed by atoms with van der Waals surface area (Å²) in [6.45, 7) is 0.496. The van der Waals surface area contributed by atoms with Crippen LogP contribution in [-0.2, 0) is 9.53 Å². The van der Waals surface area contributed by atoms with Crippen molar-refractivity contribution in [2.45, 2.75) is 18.9 Å². The summed E-state index contributed by atoms with van der Waals surface area (Å²) in [5.74, 6) is 1.19. The van der Waals surface area contributed by atoms with Crippen molar-refractivity contribution in [2.75, 3.05) is 40.2 Å². The number of hydrogen-bond acceptors (Lipinski definition) is 6. The van der Waals surface area contributed by atoms with Crippen LogP contribution in [0.4, 0.5) is 10.5 Å². The highest BCUT2D eigenvalue weighted by Crippen LogP contribution is 2.39. The van der Waals surface area contributed by atoms with Gasteiger partial charge in [-0.25, -0.2) is 4.79 Å². The minimum atomic E-state index is -0.356. The number of nitrogens with zero attached hydrogens (tertiary/aromatic N) is 1. The van der Waals surface area contributed by atoms with Crippen LogP contribution in [-0.4, -0.2) is 57.9 Å². The lowest BCUT2D eigenvalue weighted by Gasteiger charge is -2.15. The Morgan fingerprint density at radius 1 is 1.25 bits per heavy atom. The van der Waals surface area contributed by atoms with Crippen LogP contribution in [0, 0.1) is 0 Å². The lowest BCUT2D eigenvalue weighted by molar-refractivity contribution is -0.116. The molecule has 1 aliphatic rings. The van der Waals surface area contributed by atoms with E-state index in [4.69, 9.17) is 18.9 Å². The minimum absolute atomic E-state index is 0.185. The standard InChI is InChI=1S/C16H22N2O6/c1-18-9-11(24-16(18)20)5-6-14(19)17-10-7-12(21-2)15(23-4)13(8-10)22-3/h7-8,11H,5-6,9H2,1-4H3,(H,17,19). The Hall–Kier alpha value is -2.64. The fourth-order valence-electron chi connectivity index (χ4n) is 2.47. The molecule has 0 aromatic heterocycles. The number of ether oxygens (including phenoxy) is 4. The number of nitrogens with one attached hydrogen (secondary N) is 1. The van der Waals surface area contributed by atoms with Gasteiger partial charge in [0.2, 0.25) is 11.7 Å². The molecule has 1 aromatic carbocycles. The van der Waals surface area contributed by atoms with Gasteiger partial charge in [-0.2, -0.15) is 0 Å². The second kappa shape index (κ2) is 7.76. The van der Waals surface area contributed by atoms with Gasteiger partial charge in [0.1, 0.15) is 6.10 Å². The van der Waals surface area contributed by atoms with Crippen molar-refractivity contribution < 1.29 is 28.5 Å². The molecule has 0 bridgehead atoms. The van der Waals surface area contributed by atoms with Gasteiger partial charge >= 0.3 is 6.09 Å². The normalized spacial score (nSPS) is 16.6. The number of carbonyl (C=O) groups is 2. The third-order valence-electron chi connectivity index (χ3n) is 3.70. The van der Waals surface area contributed by atoms with Gasteiger partial charge in [0, 0.05) is 31.3 Å². The summed E-state index contributed by atoms with van der Waals surface area (Å²) in [4.78, 5) is 24.9. The zero-order valence-electron chi connectivity index (χ0n) is 14.3. The van der Waals surface area contributed by atoms with Gasteiger partial charge in [0.05, 0.1) is 27.9 Å². The number of hydrogen-bond donors (Lipinski definition) is 1. The Kier molecular flexibility index (Phi) is 5.73. The number of methoxy groups -OCH3 is 3. The number of rotatable bonds is 7. The second-order valence-corrected chi connectivity index (χ2v) is 5.39. The van der Waals surface area contributed by atoms with Crippen molar-refractivity contribution in [1.82, 2.24) is 4.90 Å². The van der Waals surface area contributed by atoms with Crippen LogP contribution in [0.25, 0.3) is 0 Å². The molecule has 24 heavy (non-hydrogen) atoms. The summed E-state index contributed by atoms with van der Waals surface area (Å²) in [7, 11) is 6.19. The first-order valence-electron chi connectivity index (χ1n) is 7.50. The number of anilines is 1. The fraction of sp³-hybridized carbons (Fsp3) is 0.500. The fourth-order valence-corrected chi connectivity index (χ4v) is 2.47. The van der Waals surface area contributed by atoms with E-state index in [0.717, 1.165) is 0 Å². The largest absolute Gasteiger partial charge is 0.493 e. The molecule has 0 aliphatic carbocycles. The van der Waals surface area contributed by atoms with Crippen molar-refractivity contribution in [3.63, 3.8) is 0 Å². The van der Waals surface area contributed by atoms with Crippen molar-refractivity contribution in [3.05, 3.63) is 12.1 Å². The van der Waals surface area contributed by atoms with E-state index >= 15 is 0 Å². The van der Waals surface area contributed by atoms with E-state index in [2.05, 4.69) is 5.32 Å². The van der Waals surface area contributed by atoms with E-state index in [-0.39, 0.29) is 24.5 Å². The number of likely N-dealkylation sites (N-methyl/N-ethyl adjacent to an activating group) is 1. The third-order valence-corrected chi connectivity index (χ3v) is 3.70. The van der Waals surface area contributed by atoms with E-state index in [1.165, 1.54) is 26.2 Å². The van der Waals surface area contributed by atoms with E-state index in [0.29, 0.717) is 35.9 Å². The Labute approximate surface area is 140 Å². The van der Waals surface area contributed by atoms with E-state index < -0.39 is 0 Å². The molecule has 1 aliphatic heterocycles. The molecular formula is C16H22N2O6. The molecule has 2 amide bonds. The monoisotopic (exact) mass is 338 g/mol. The Morgan fingerprint density at radius 2 is 1.88 bits per heavy atom. The number of carbonyl (C=O) groups excluding carboxylic acids is 2. The summed E-state index contributed by atoms with van der Waals surface area (Å²) in [6, 6.07) is 3.31. The molecule has 0 radical (unpaired) electrons. The molecule has 1 heterocycles. The summed E-state index contributed by atoms with van der Waals surface area (Å²) in [6.07, 6.45) is 0.0904. The lowest BCUT2D eigenvalue weighted by atomic mass is 10.2. The first-order valence-corrected chi connectivity index (χ1v) is 7.50. The van der Waals surface area contributed by atoms with Gasteiger partial charge < -0.3 is 29.2 Å². The van der Waals surface area contributed by atoms with Crippen LogP contribution in [0.5, 0.6) is 17.2 Å². The predicted molar refractivity (Wildman–Crippen MR) is 86.9 cm³/mol. The third kappa shape index (κ3) is 4.01. The molecule has 1 fully saturated rings. The van der Waals surface area contributed by atoms with Crippen LogP contribution in [0.1, 0.15) is 12.8 Å². The maximum Gasteiger partial charge on any atom is 0.409 e. The van der Waals surface area contributed by atoms with Gasteiger partial charge in [-0.3, -0.25) is 4.79 Å². The summed E-state index contributed by atoms with van der Waals surface area (Å²) in [5, 5.41) is 2.78. The molecule has 132 valence electrons. The second-order valence-electron chi connectivity index (χ2n) is 5.39. The van der Waals surface area contributed by atoms with Crippen LogP contribution < -0.4 is 19.5 Å². The molecule has 1 N–H and O–H groups in total. The summed E-state index contributed by atoms with van der Waals surface area (Å²) in [5.41, 5.74) is 0.537. The SMILES string of the molecule is COc1cc(NC(=O)CCC2CN(C)C(=O)O2)cc(OC)c1OC. The molecule has 1 aromatic rings. The van der Waals surface area contributed by atoms with Crippen LogP contribution in [0.15, 0.2) is 12.1 Å². The van der Waals surface area contributed by atoms with Crippen molar-refractivity contribution in [3.8, 4) is 17.2 Å². The first-order chi connectivity index (χ1) is 11.5. The van der Waals surface area contributed by atoms with Gasteiger partial charge in [0.25, 0.3) is 0 Å². The first kappa shape index (κ1) is 17.7. The number of amides is 2. The van der Waals surface area contributed by atoms with Crippen LogP contribution in [0.2, 0.25) is 0 Å². The maximum atomic E-state index is 12.1. The molecule has 8 nitrogen and oxygen atoms in total. The average molecular weight is 338 g/mol. The highest BCUT2D eigenvalue weighted by atomic mass is 16.6. The minimum Gasteiger partial charge on any atom is -0.493 e. The topological polar surface area (TPSA) is 86.3 Å². The molecular weight excluding hydrogens is 316 g/mol. The molecule has 1 atom stereocenters. The van der Waals surface area contributed by atoms with Gasteiger partial charge in [-0.05, 0) is 6.42 Å². The van der Waals surface area contributed by atoms with Crippen molar-refractivity contribution in [1.29, 1.82) is 0 Å². The number of cyclic esters (lactones) is 1. The van der Waals surface area contributed by atoms with Crippen molar-refractivity contribution in [2.24, 2.45) is 0 Å². The maximum absolute atomic E-state index is 12.1. The molecule has 2 rings (SSSR count). The quantitative estimate of drug-likeness (QED) is 0.817. The zero-order valence-corrected chi connectivity index (χ0v) is 14.3. The molecule has 0 saturated carbocycles. The predicted octanol–water partition coefficient (Wildman–Crippen LogP) is 1.88. The average Bonchev–Trinajstić information content (AvgIpc) is 2.90. The van der Waals surface area contributed by atoms with Crippen molar-refractivity contribution >= 4 is 17.7 Å². The van der Waals surface area contributed by atoms with E-state index in [1.807, 2.05) is 0 Å². The zero-order chi connectivity index (χ0) is 17.7. The Morgan fingerprint density at radius 3 is 2.33 bits per heavy atom. The highest BCUT2D eigenvalue weighted by molar-refractivity contribution is 5.91. The van der Waals surface area contributed by atoms with Gasteiger partial charge in [-0.15, -0.1) is 0 Å². The Bertz CT molecular complexity index is 594. The van der Waals surface area contributed by atoms with Gasteiger partial charge in [-0.1, -0.05) is 0 Å². The van der Waals surface area contributed by atoms with Gasteiger partial charge in [0.15, 0.2) is 11.5 Å². The summed E-state index contributed by atoms with van der Waals surface area (Å²) >= 11 is 0. The van der Waals surface area contributed by atoms with E-state index in [1.54, 1.807) is 19.2 Å². The highest BCUT2D eigenvalue weighted by Gasteiger charge is 2.28. The smallest absolute Gasteiger partial charge is 0.409 e. The molecule has 1 saturated heterocycles. The molecule has 0 spiro atoms.